The fourth-order valence-electron chi connectivity index (χ4n) is 3.25. The van der Waals surface area contributed by atoms with Gasteiger partial charge in [0.15, 0.2) is 6.10 Å². The van der Waals surface area contributed by atoms with Crippen molar-refractivity contribution >= 4 is 5.97 Å². The summed E-state index contributed by atoms with van der Waals surface area (Å²) in [6, 6.07) is 6.06. The third kappa shape index (κ3) is 2.98. The molecule has 1 aliphatic carbocycles. The molecule has 0 saturated heterocycles. The molecular weight excluding hydrogens is 264 g/mol. The first kappa shape index (κ1) is 16.0. The van der Waals surface area contributed by atoms with Crippen LogP contribution in [-0.4, -0.2) is 17.7 Å². The smallest absolute Gasteiger partial charge is 0.337 e. The molecule has 2 rings (SSSR count). The van der Waals surface area contributed by atoms with Crippen molar-refractivity contribution in [2.75, 3.05) is 6.61 Å². The van der Waals surface area contributed by atoms with Gasteiger partial charge in [-0.1, -0.05) is 45.9 Å². The van der Waals surface area contributed by atoms with E-state index in [9.17, 15) is 9.90 Å². The molecular formula is C18H26O3. The van der Waals surface area contributed by atoms with E-state index < -0.39 is 12.1 Å². The molecule has 0 saturated carbocycles. The summed E-state index contributed by atoms with van der Waals surface area (Å²) in [6.07, 6.45) is 1.39. The van der Waals surface area contributed by atoms with Crippen LogP contribution in [0.2, 0.25) is 0 Å². The van der Waals surface area contributed by atoms with Crippen LogP contribution in [0.3, 0.4) is 0 Å². The third-order valence-electron chi connectivity index (χ3n) is 4.74. The SMILES string of the molecule is CCOC(C(=O)O)c1ccc2c(c1)C(C)(C)CCC2(C)C. The van der Waals surface area contributed by atoms with E-state index in [-0.39, 0.29) is 10.8 Å². The number of benzene rings is 1. The van der Waals surface area contributed by atoms with E-state index in [0.29, 0.717) is 6.61 Å². The van der Waals surface area contributed by atoms with Gasteiger partial charge in [0.2, 0.25) is 0 Å². The number of hydrogen-bond acceptors (Lipinski definition) is 2. The van der Waals surface area contributed by atoms with E-state index in [4.69, 9.17) is 4.74 Å². The van der Waals surface area contributed by atoms with Gasteiger partial charge >= 0.3 is 5.97 Å². The molecule has 0 spiro atoms. The number of ether oxygens (including phenoxy) is 1. The summed E-state index contributed by atoms with van der Waals surface area (Å²) in [5.41, 5.74) is 3.57. The molecule has 1 atom stereocenters. The monoisotopic (exact) mass is 290 g/mol. The molecule has 0 fully saturated rings. The van der Waals surface area contributed by atoms with Gasteiger partial charge in [-0.2, -0.15) is 0 Å². The van der Waals surface area contributed by atoms with Crippen LogP contribution in [0.4, 0.5) is 0 Å². The van der Waals surface area contributed by atoms with E-state index in [1.807, 2.05) is 19.1 Å². The maximum Gasteiger partial charge on any atom is 0.337 e. The Kier molecular flexibility index (Phi) is 4.16. The number of aliphatic carboxylic acids is 1. The van der Waals surface area contributed by atoms with Crippen molar-refractivity contribution in [1.29, 1.82) is 0 Å². The summed E-state index contributed by atoms with van der Waals surface area (Å²) in [7, 11) is 0. The molecule has 0 amide bonds. The number of carbonyl (C=O) groups is 1. The predicted molar refractivity (Wildman–Crippen MR) is 83.7 cm³/mol. The van der Waals surface area contributed by atoms with Crippen LogP contribution in [0.1, 0.15) is 70.3 Å². The van der Waals surface area contributed by atoms with Crippen molar-refractivity contribution in [3.63, 3.8) is 0 Å². The van der Waals surface area contributed by atoms with E-state index in [2.05, 4.69) is 33.8 Å². The highest BCUT2D eigenvalue weighted by molar-refractivity contribution is 5.74. The Morgan fingerprint density at radius 1 is 1.19 bits per heavy atom. The minimum Gasteiger partial charge on any atom is -0.479 e. The summed E-state index contributed by atoms with van der Waals surface area (Å²) in [5.74, 6) is -0.926. The Morgan fingerprint density at radius 2 is 1.76 bits per heavy atom. The van der Waals surface area contributed by atoms with Crippen LogP contribution in [0, 0.1) is 0 Å². The molecule has 0 aliphatic heterocycles. The van der Waals surface area contributed by atoms with Crippen LogP contribution in [0.15, 0.2) is 18.2 Å². The highest BCUT2D eigenvalue weighted by Crippen LogP contribution is 2.46. The first-order valence-electron chi connectivity index (χ1n) is 7.68. The lowest BCUT2D eigenvalue weighted by atomic mass is 9.63. The van der Waals surface area contributed by atoms with Crippen molar-refractivity contribution in [3.8, 4) is 0 Å². The van der Waals surface area contributed by atoms with E-state index in [1.165, 1.54) is 11.1 Å². The molecule has 3 heteroatoms. The Balaban J connectivity index is 2.53. The maximum atomic E-state index is 11.4. The zero-order valence-electron chi connectivity index (χ0n) is 13.7. The predicted octanol–water partition coefficient (Wildman–Crippen LogP) is 4.20. The van der Waals surface area contributed by atoms with Crippen molar-refractivity contribution < 1.29 is 14.6 Å². The molecule has 3 nitrogen and oxygen atoms in total. The second-order valence-corrected chi connectivity index (χ2v) is 7.25. The fourth-order valence-corrected chi connectivity index (χ4v) is 3.25. The van der Waals surface area contributed by atoms with Gasteiger partial charge in [0.25, 0.3) is 0 Å². The molecule has 1 aliphatic rings. The summed E-state index contributed by atoms with van der Waals surface area (Å²) in [5, 5.41) is 9.37. The van der Waals surface area contributed by atoms with E-state index in [0.717, 1.165) is 18.4 Å². The van der Waals surface area contributed by atoms with Gasteiger partial charge in [0, 0.05) is 6.61 Å². The van der Waals surface area contributed by atoms with Gasteiger partial charge in [0.05, 0.1) is 0 Å². The zero-order valence-corrected chi connectivity index (χ0v) is 13.7. The lowest BCUT2D eigenvalue weighted by molar-refractivity contribution is -0.150. The molecule has 116 valence electrons. The summed E-state index contributed by atoms with van der Waals surface area (Å²) in [6.45, 7) is 11.2. The van der Waals surface area contributed by atoms with Gasteiger partial charge in [-0.25, -0.2) is 4.79 Å². The van der Waals surface area contributed by atoms with Gasteiger partial charge in [-0.3, -0.25) is 0 Å². The average Bonchev–Trinajstić information content (AvgIpc) is 2.41. The van der Waals surface area contributed by atoms with Crippen molar-refractivity contribution in [3.05, 3.63) is 34.9 Å². The van der Waals surface area contributed by atoms with Gasteiger partial charge in [-0.05, 0) is 47.3 Å². The fraction of sp³-hybridized carbons (Fsp3) is 0.611. The third-order valence-corrected chi connectivity index (χ3v) is 4.74. The van der Waals surface area contributed by atoms with Gasteiger partial charge < -0.3 is 9.84 Å². The molecule has 1 unspecified atom stereocenters. The van der Waals surface area contributed by atoms with Crippen LogP contribution in [-0.2, 0) is 20.4 Å². The van der Waals surface area contributed by atoms with Gasteiger partial charge in [0.1, 0.15) is 0 Å². The number of fused-ring (bicyclic) bond motifs is 1. The number of hydrogen-bond donors (Lipinski definition) is 1. The second-order valence-electron chi connectivity index (χ2n) is 7.25. The van der Waals surface area contributed by atoms with Crippen LogP contribution in [0.5, 0.6) is 0 Å². The molecule has 21 heavy (non-hydrogen) atoms. The first-order valence-corrected chi connectivity index (χ1v) is 7.68. The largest absolute Gasteiger partial charge is 0.479 e. The second kappa shape index (κ2) is 5.45. The quantitative estimate of drug-likeness (QED) is 0.904. The van der Waals surface area contributed by atoms with Gasteiger partial charge in [-0.15, -0.1) is 0 Å². The summed E-state index contributed by atoms with van der Waals surface area (Å²) >= 11 is 0. The topological polar surface area (TPSA) is 46.5 Å². The number of carboxylic acids is 1. The lowest BCUT2D eigenvalue weighted by Crippen LogP contribution is -2.34. The van der Waals surface area contributed by atoms with E-state index >= 15 is 0 Å². The summed E-state index contributed by atoms with van der Waals surface area (Å²) in [4.78, 5) is 11.4. The Bertz CT molecular complexity index is 543. The van der Waals surface area contributed by atoms with Crippen molar-refractivity contribution in [2.24, 2.45) is 0 Å². The van der Waals surface area contributed by atoms with Crippen LogP contribution < -0.4 is 0 Å². The first-order chi connectivity index (χ1) is 9.69. The highest BCUT2D eigenvalue weighted by atomic mass is 16.5. The van der Waals surface area contributed by atoms with Crippen molar-refractivity contribution in [1.82, 2.24) is 0 Å². The minimum absolute atomic E-state index is 0.0795. The zero-order chi connectivity index (χ0) is 15.8. The molecule has 1 aromatic carbocycles. The Labute approximate surface area is 127 Å². The Hall–Kier alpha value is -1.35. The normalized spacial score (nSPS) is 20.6. The molecule has 1 aromatic rings. The molecule has 0 aromatic heterocycles. The summed E-state index contributed by atoms with van der Waals surface area (Å²) < 4.78 is 5.40. The Morgan fingerprint density at radius 3 is 2.29 bits per heavy atom. The van der Waals surface area contributed by atoms with Crippen LogP contribution in [0.25, 0.3) is 0 Å². The molecule has 0 heterocycles. The minimum atomic E-state index is -0.926. The highest BCUT2D eigenvalue weighted by Gasteiger charge is 2.37. The molecule has 0 bridgehead atoms. The maximum absolute atomic E-state index is 11.4. The number of carboxylic acid groups (broad SMARTS) is 1. The van der Waals surface area contributed by atoms with Crippen LogP contribution >= 0.6 is 0 Å². The standard InChI is InChI=1S/C18H26O3/c1-6-21-15(16(19)20)12-7-8-13-14(11-12)18(4,5)10-9-17(13,2)3/h7-8,11,15H,6,9-10H2,1-5H3,(H,19,20). The van der Waals surface area contributed by atoms with Crippen molar-refractivity contribution in [2.45, 2.75) is 64.4 Å². The molecule has 1 N–H and O–H groups in total. The lowest BCUT2D eigenvalue weighted by Gasteiger charge is -2.42. The van der Waals surface area contributed by atoms with E-state index in [1.54, 1.807) is 0 Å². The average molecular weight is 290 g/mol. The molecule has 0 radical (unpaired) electrons. The number of rotatable bonds is 4.